The third kappa shape index (κ3) is 51.7. The molecule has 0 spiro atoms. The highest BCUT2D eigenvalue weighted by Crippen LogP contribution is 2.24. The lowest BCUT2D eigenvalue weighted by Gasteiger charge is -2.24. The quantitative estimate of drug-likeness (QED) is 0.0656. The van der Waals surface area contributed by atoms with Gasteiger partial charge in [0.2, 0.25) is 29.5 Å². The fourth-order valence-electron chi connectivity index (χ4n) is 7.18. The third-order valence-corrected chi connectivity index (χ3v) is 14.2. The van der Waals surface area contributed by atoms with Crippen LogP contribution >= 0.6 is 0 Å². The molecule has 0 aliphatic heterocycles. The summed E-state index contributed by atoms with van der Waals surface area (Å²) in [5, 5.41) is 0. The van der Waals surface area contributed by atoms with Crippen LogP contribution in [0.25, 0.3) is 0 Å². The number of hydrogen-bond donors (Lipinski definition) is 0. The molecule has 0 radical (unpaired) electrons. The van der Waals surface area contributed by atoms with Gasteiger partial charge in [-0.05, 0) is 76.9 Å². The summed E-state index contributed by atoms with van der Waals surface area (Å²) in [4.78, 5) is 137. The summed E-state index contributed by atoms with van der Waals surface area (Å²) in [6.45, 7) is 39.6. The van der Waals surface area contributed by atoms with E-state index in [1.54, 1.807) is 52.7 Å². The van der Waals surface area contributed by atoms with Gasteiger partial charge in [0.05, 0.1) is 0 Å². The van der Waals surface area contributed by atoms with Crippen LogP contribution in [0.15, 0.2) is 0 Å². The standard InChI is InChI=1S/3C14H28N2O2.C13H26N2O3.C13H26N2O2/c2*1-11(13(18)14(2,3)4)10-12(17)16(7)9-8-15(5)6;1-14(2,3)12(17)8-7-9-13(18)16(6)11-10-15(4)5;1-13(2,3)11(16)9-18-10-12(17)15(6)8-7-14(4)5;1-13(2,3)11(16)7-8-12(17)15(6)10-9-14(4)5/h2*11H,8-10H2,1-7H3;7-11H2,1-6H3;7-10H2,1-6H3;7-10H2,1-6H3/t2*11-;;;/m10.../s1. The average Bonchev–Trinajstić information content (AvgIpc) is 3.41. The Morgan fingerprint density at radius 3 is 0.787 bits per heavy atom. The summed E-state index contributed by atoms with van der Waals surface area (Å²) < 4.78 is 5.16. The zero-order valence-corrected chi connectivity index (χ0v) is 63.1. The van der Waals surface area contributed by atoms with E-state index >= 15 is 0 Å². The highest BCUT2D eigenvalue weighted by atomic mass is 16.5. The molecule has 0 saturated heterocycles. The fourth-order valence-corrected chi connectivity index (χ4v) is 7.18. The van der Waals surface area contributed by atoms with Gasteiger partial charge in [-0.2, -0.15) is 0 Å². The summed E-state index contributed by atoms with van der Waals surface area (Å²) in [7, 11) is 28.7. The second-order valence-corrected chi connectivity index (χ2v) is 30.4. The highest BCUT2D eigenvalue weighted by Gasteiger charge is 2.31. The van der Waals surface area contributed by atoms with Crippen molar-refractivity contribution in [1.29, 1.82) is 0 Å². The fraction of sp³-hybridized carbons (Fsp3) is 0.853. The largest absolute Gasteiger partial charge is 0.364 e. The van der Waals surface area contributed by atoms with Crippen LogP contribution in [0.2, 0.25) is 0 Å². The molecule has 0 aromatic carbocycles. The van der Waals surface area contributed by atoms with E-state index in [0.29, 0.717) is 71.1 Å². The van der Waals surface area contributed by atoms with E-state index in [9.17, 15) is 47.9 Å². The minimum atomic E-state index is -0.417. The molecule has 0 saturated carbocycles. The van der Waals surface area contributed by atoms with E-state index in [1.165, 1.54) is 0 Å². The average molecular weight is 1270 g/mol. The Morgan fingerprint density at radius 1 is 0.281 bits per heavy atom. The zero-order valence-electron chi connectivity index (χ0n) is 63.1. The molecular weight excluding hydrogens is 1130 g/mol. The maximum Gasteiger partial charge on any atom is 0.248 e. The second-order valence-electron chi connectivity index (χ2n) is 30.4. The Bertz CT molecular complexity index is 1970. The second kappa shape index (κ2) is 45.7. The predicted octanol–water partition coefficient (Wildman–Crippen LogP) is 7.13. The van der Waals surface area contributed by atoms with Crippen LogP contribution in [0, 0.1) is 38.9 Å². The van der Waals surface area contributed by atoms with Crippen molar-refractivity contribution < 1.29 is 52.7 Å². The number of ketones is 5. The van der Waals surface area contributed by atoms with E-state index in [1.807, 2.05) is 220 Å². The van der Waals surface area contributed by atoms with Crippen molar-refractivity contribution in [3.8, 4) is 0 Å². The van der Waals surface area contributed by atoms with Gasteiger partial charge in [0.1, 0.15) is 36.3 Å². The van der Waals surface area contributed by atoms with Crippen molar-refractivity contribution in [2.24, 2.45) is 38.9 Å². The summed E-state index contributed by atoms with van der Waals surface area (Å²) in [5.74, 6) is 0.419. The third-order valence-electron chi connectivity index (χ3n) is 14.2. The van der Waals surface area contributed by atoms with E-state index < -0.39 is 5.41 Å². The van der Waals surface area contributed by atoms with Crippen LogP contribution in [0.4, 0.5) is 0 Å². The Morgan fingerprint density at radius 2 is 0.528 bits per heavy atom. The number of carbonyl (C=O) groups is 10. The van der Waals surface area contributed by atoms with Gasteiger partial charge in [0.15, 0.2) is 5.78 Å². The molecule has 524 valence electrons. The molecule has 2 atom stereocenters. The van der Waals surface area contributed by atoms with E-state index in [-0.39, 0.29) is 105 Å². The minimum absolute atomic E-state index is 0.00321. The van der Waals surface area contributed by atoms with Gasteiger partial charge in [0, 0.05) is 178 Å². The molecule has 0 fully saturated rings. The van der Waals surface area contributed by atoms with Gasteiger partial charge in [-0.25, -0.2) is 0 Å². The van der Waals surface area contributed by atoms with E-state index in [2.05, 4.69) is 0 Å². The number of amides is 5. The molecule has 0 aromatic rings. The molecule has 5 amide bonds. The van der Waals surface area contributed by atoms with Gasteiger partial charge in [0.25, 0.3) is 0 Å². The predicted molar refractivity (Wildman–Crippen MR) is 365 cm³/mol. The molecule has 89 heavy (non-hydrogen) atoms. The number of carbonyl (C=O) groups excluding carboxylic acids is 10. The molecule has 0 aliphatic carbocycles. The summed E-state index contributed by atoms with van der Waals surface area (Å²) in [5.41, 5.74) is -1.80. The number of likely N-dealkylation sites (N-methyl/N-ethyl adjacent to an activating group) is 10. The minimum Gasteiger partial charge on any atom is -0.364 e. The zero-order chi connectivity index (χ0) is 71.3. The normalized spacial score (nSPS) is 12.5. The van der Waals surface area contributed by atoms with Crippen molar-refractivity contribution in [2.45, 2.75) is 163 Å². The Labute approximate surface area is 544 Å². The smallest absolute Gasteiger partial charge is 0.248 e. The Hall–Kier alpha value is -4.54. The lowest BCUT2D eigenvalue weighted by molar-refractivity contribution is -0.139. The molecule has 21 heteroatoms. The first-order chi connectivity index (χ1) is 40.0. The number of Topliss-reactive ketones (excluding diaryl/α,β-unsaturated/α-hetero) is 5. The molecule has 0 rings (SSSR count). The van der Waals surface area contributed by atoms with E-state index in [4.69, 9.17) is 4.74 Å². The molecule has 0 bridgehead atoms. The Kier molecular flexibility index (Phi) is 47.8. The first-order valence-corrected chi connectivity index (χ1v) is 31.7. The lowest BCUT2D eigenvalue weighted by atomic mass is 9.82. The van der Waals surface area contributed by atoms with Gasteiger partial charge in [-0.15, -0.1) is 0 Å². The van der Waals surface area contributed by atoms with Crippen LogP contribution in [0.1, 0.15) is 163 Å². The van der Waals surface area contributed by atoms with Crippen LogP contribution in [-0.4, -0.2) is 292 Å². The summed E-state index contributed by atoms with van der Waals surface area (Å²) >= 11 is 0. The number of hydrogen-bond acceptors (Lipinski definition) is 16. The monoisotopic (exact) mass is 1270 g/mol. The van der Waals surface area contributed by atoms with Gasteiger partial charge >= 0.3 is 0 Å². The van der Waals surface area contributed by atoms with Crippen LogP contribution < -0.4 is 0 Å². The van der Waals surface area contributed by atoms with Crippen molar-refractivity contribution in [1.82, 2.24) is 49.0 Å². The van der Waals surface area contributed by atoms with Crippen molar-refractivity contribution in [3.63, 3.8) is 0 Å². The molecule has 0 aromatic heterocycles. The summed E-state index contributed by atoms with van der Waals surface area (Å²) in [6.07, 6.45) is 2.89. The first-order valence-electron chi connectivity index (χ1n) is 31.7. The summed E-state index contributed by atoms with van der Waals surface area (Å²) in [6, 6.07) is 0. The van der Waals surface area contributed by atoms with Gasteiger partial charge in [-0.1, -0.05) is 118 Å². The van der Waals surface area contributed by atoms with Crippen molar-refractivity contribution in [2.75, 3.05) is 184 Å². The topological polar surface area (TPSA) is 212 Å². The number of ether oxygens (including phenoxy) is 1. The highest BCUT2D eigenvalue weighted by molar-refractivity contribution is 5.91. The van der Waals surface area contributed by atoms with E-state index in [0.717, 1.165) is 39.3 Å². The molecular formula is C68H136N10O11. The Balaban J connectivity index is -0.000000330. The van der Waals surface area contributed by atoms with Gasteiger partial charge in [-0.3, -0.25) is 47.9 Å². The van der Waals surface area contributed by atoms with Crippen LogP contribution in [-0.2, 0) is 52.7 Å². The number of rotatable bonds is 32. The maximum atomic E-state index is 12.0. The molecule has 0 unspecified atom stereocenters. The van der Waals surface area contributed by atoms with Crippen LogP contribution in [0.5, 0.6) is 0 Å². The number of nitrogens with zero attached hydrogens (tertiary/aromatic N) is 10. The molecule has 0 aliphatic rings. The molecule has 0 N–H and O–H groups in total. The first kappa shape index (κ1) is 93.2. The van der Waals surface area contributed by atoms with Crippen molar-refractivity contribution >= 4 is 58.5 Å². The molecule has 0 heterocycles. The lowest BCUT2D eigenvalue weighted by Crippen LogP contribution is -2.36. The SMILES string of the molecule is CN(C)CCN(C)C(=O)CCC(=O)C(C)(C)C.CN(C)CCN(C)C(=O)CCCC(=O)C(C)(C)C.CN(C)CCN(C)C(=O)COCC(=O)C(C)(C)C.C[C@@H](CC(=O)N(C)CCN(C)C)C(=O)C(C)(C)C.C[C@H](CC(=O)N(C)CCN(C)C)C(=O)C(C)(C)C. The maximum absolute atomic E-state index is 12.0. The van der Waals surface area contributed by atoms with Crippen molar-refractivity contribution in [3.05, 3.63) is 0 Å². The molecule has 21 nitrogen and oxygen atoms in total. The van der Waals surface area contributed by atoms with Crippen LogP contribution in [0.3, 0.4) is 0 Å². The van der Waals surface area contributed by atoms with Gasteiger partial charge < -0.3 is 53.7 Å².